The summed E-state index contributed by atoms with van der Waals surface area (Å²) in [6.45, 7) is 4.14. The molecular weight excluding hydrogens is 508 g/mol. The van der Waals surface area contributed by atoms with Crippen molar-refractivity contribution in [1.29, 1.82) is 0 Å². The second-order valence-corrected chi connectivity index (χ2v) is 8.77. The van der Waals surface area contributed by atoms with Crippen LogP contribution in [-0.2, 0) is 13.1 Å². The fourth-order valence-electron chi connectivity index (χ4n) is 3.90. The highest BCUT2D eigenvalue weighted by molar-refractivity contribution is 6.21. The third kappa shape index (κ3) is 5.71. The van der Waals surface area contributed by atoms with E-state index in [0.29, 0.717) is 34.9 Å². The molecule has 12 nitrogen and oxygen atoms in total. The van der Waals surface area contributed by atoms with E-state index in [4.69, 9.17) is 5.73 Å². The number of nitrogens with two attached hydrogens (primary N) is 1. The summed E-state index contributed by atoms with van der Waals surface area (Å²) in [7, 11) is 0. The topological polar surface area (TPSA) is 167 Å². The molecule has 5 aromatic rings. The van der Waals surface area contributed by atoms with Gasteiger partial charge >= 0.3 is 0 Å². The number of amides is 2. The molecule has 0 saturated heterocycles. The highest BCUT2D eigenvalue weighted by atomic mass is 16.2. The molecule has 198 valence electrons. The molecule has 6 rings (SSSR count). The van der Waals surface area contributed by atoms with Gasteiger partial charge in [0.25, 0.3) is 11.8 Å². The Kier molecular flexibility index (Phi) is 7.60. The maximum atomic E-state index is 12.4. The zero-order valence-electron chi connectivity index (χ0n) is 21.8. The molecular formula is C28H24N10O2. The van der Waals surface area contributed by atoms with Gasteiger partial charge in [0.05, 0.1) is 40.4 Å². The smallest absolute Gasteiger partial charge is 0.261 e. The van der Waals surface area contributed by atoms with Gasteiger partial charge in [-0.15, -0.1) is 0 Å². The standard InChI is InChI=1S/C18H13N5O2.C10H11N5/c1-11-19-7-12(8-20-11)16-6-13(21-10-22-16)9-23-17(24)14-4-2-3-5-15(14)18(23)25;1-7-12-4-8(5-13-7)10-2-9(3-11)14-6-15-10/h2-8,10H,9H2,1H3;2,4-6H,3,11H2,1H3. The maximum Gasteiger partial charge on any atom is 0.261 e. The van der Waals surface area contributed by atoms with Crippen molar-refractivity contribution in [2.24, 2.45) is 5.73 Å². The second-order valence-electron chi connectivity index (χ2n) is 8.77. The van der Waals surface area contributed by atoms with Crippen LogP contribution in [0.3, 0.4) is 0 Å². The van der Waals surface area contributed by atoms with Crippen LogP contribution in [0, 0.1) is 13.8 Å². The molecule has 40 heavy (non-hydrogen) atoms. The van der Waals surface area contributed by atoms with Gasteiger partial charge < -0.3 is 5.73 Å². The number of aryl methyl sites for hydroxylation is 2. The number of aromatic nitrogens is 8. The van der Waals surface area contributed by atoms with Gasteiger partial charge in [-0.05, 0) is 38.1 Å². The van der Waals surface area contributed by atoms with Crippen LogP contribution < -0.4 is 5.73 Å². The predicted octanol–water partition coefficient (Wildman–Crippen LogP) is 2.74. The van der Waals surface area contributed by atoms with E-state index in [1.807, 2.05) is 13.0 Å². The number of hydrogen-bond donors (Lipinski definition) is 1. The Bertz CT molecular complexity index is 1640. The summed E-state index contributed by atoms with van der Waals surface area (Å²) in [6.07, 6.45) is 9.74. The Morgan fingerprint density at radius 3 is 1.57 bits per heavy atom. The Labute approximate surface area is 229 Å². The van der Waals surface area contributed by atoms with Gasteiger partial charge in [-0.3, -0.25) is 14.5 Å². The van der Waals surface area contributed by atoms with Gasteiger partial charge in [0.1, 0.15) is 24.3 Å². The molecule has 0 radical (unpaired) electrons. The van der Waals surface area contributed by atoms with Crippen LogP contribution in [0.4, 0.5) is 0 Å². The molecule has 1 aliphatic rings. The van der Waals surface area contributed by atoms with E-state index in [-0.39, 0.29) is 18.4 Å². The van der Waals surface area contributed by atoms with Crippen LogP contribution >= 0.6 is 0 Å². The van der Waals surface area contributed by atoms with E-state index >= 15 is 0 Å². The third-order valence-corrected chi connectivity index (χ3v) is 6.01. The molecule has 0 saturated carbocycles. The molecule has 0 atom stereocenters. The molecule has 0 aliphatic carbocycles. The first kappa shape index (κ1) is 26.3. The van der Waals surface area contributed by atoms with Crippen molar-refractivity contribution in [1.82, 2.24) is 44.8 Å². The number of rotatable bonds is 5. The van der Waals surface area contributed by atoms with Crippen molar-refractivity contribution in [3.63, 3.8) is 0 Å². The Morgan fingerprint density at radius 1 is 0.650 bits per heavy atom. The summed E-state index contributed by atoms with van der Waals surface area (Å²) in [5.74, 6) is 0.801. The van der Waals surface area contributed by atoms with Gasteiger partial charge in [0.2, 0.25) is 0 Å². The number of nitrogens with zero attached hydrogens (tertiary/aromatic N) is 9. The zero-order valence-corrected chi connectivity index (χ0v) is 21.8. The summed E-state index contributed by atoms with van der Waals surface area (Å²) < 4.78 is 0. The van der Waals surface area contributed by atoms with Crippen molar-refractivity contribution in [3.8, 4) is 22.5 Å². The van der Waals surface area contributed by atoms with Crippen molar-refractivity contribution < 1.29 is 9.59 Å². The van der Waals surface area contributed by atoms with Crippen LogP contribution in [-0.4, -0.2) is 56.6 Å². The number of fused-ring (bicyclic) bond motifs is 1. The summed E-state index contributed by atoms with van der Waals surface area (Å²) in [5.41, 5.74) is 10.8. The van der Waals surface area contributed by atoms with Crippen LogP contribution in [0.5, 0.6) is 0 Å². The lowest BCUT2D eigenvalue weighted by Gasteiger charge is -2.13. The number of hydrogen-bond acceptors (Lipinski definition) is 11. The Hall–Kier alpha value is -5.36. The first-order valence-electron chi connectivity index (χ1n) is 12.3. The van der Waals surface area contributed by atoms with Crippen LogP contribution in [0.15, 0.2) is 73.8 Å². The quantitative estimate of drug-likeness (QED) is 0.331. The largest absolute Gasteiger partial charge is 0.325 e. The molecule has 2 N–H and O–H groups in total. The first-order valence-corrected chi connectivity index (χ1v) is 12.3. The molecule has 2 amide bonds. The number of imide groups is 1. The Balaban J connectivity index is 0.000000184. The molecule has 0 bridgehead atoms. The van der Waals surface area contributed by atoms with Crippen molar-refractivity contribution in [3.05, 3.63) is 108 Å². The van der Waals surface area contributed by atoms with Crippen LogP contribution in [0.1, 0.15) is 43.8 Å². The van der Waals surface area contributed by atoms with Gasteiger partial charge in [-0.2, -0.15) is 0 Å². The van der Waals surface area contributed by atoms with Crippen molar-refractivity contribution in [2.75, 3.05) is 0 Å². The lowest BCUT2D eigenvalue weighted by molar-refractivity contribution is 0.0640. The first-order chi connectivity index (χ1) is 19.4. The third-order valence-electron chi connectivity index (χ3n) is 6.01. The van der Waals surface area contributed by atoms with E-state index in [9.17, 15) is 9.59 Å². The SMILES string of the molecule is Cc1ncc(-c2cc(CN)ncn2)cn1.Cc1ncc(-c2cc(CN3C(=O)c4ccccc4C3=O)ncn2)cn1. The fourth-order valence-corrected chi connectivity index (χ4v) is 3.90. The van der Waals surface area contributed by atoms with E-state index in [1.54, 1.807) is 62.0 Å². The van der Waals surface area contributed by atoms with Gasteiger partial charge in [-0.25, -0.2) is 39.9 Å². The highest BCUT2D eigenvalue weighted by Crippen LogP contribution is 2.24. The molecule has 4 aromatic heterocycles. The molecule has 1 aliphatic heterocycles. The van der Waals surface area contributed by atoms with Gasteiger partial charge in [0, 0.05) is 42.5 Å². The monoisotopic (exact) mass is 532 g/mol. The summed E-state index contributed by atoms with van der Waals surface area (Å²) in [4.78, 5) is 59.2. The molecule has 0 fully saturated rings. The van der Waals surface area contributed by atoms with Crippen molar-refractivity contribution in [2.45, 2.75) is 26.9 Å². The Morgan fingerprint density at radius 2 is 1.10 bits per heavy atom. The second kappa shape index (κ2) is 11.6. The highest BCUT2D eigenvalue weighted by Gasteiger charge is 2.35. The molecule has 5 heterocycles. The molecule has 1 aromatic carbocycles. The van der Waals surface area contributed by atoms with Crippen molar-refractivity contribution >= 4 is 11.8 Å². The molecule has 12 heteroatoms. The number of benzene rings is 1. The number of carbonyl (C=O) groups excluding carboxylic acids is 2. The lowest BCUT2D eigenvalue weighted by Crippen LogP contribution is -2.29. The minimum Gasteiger partial charge on any atom is -0.325 e. The number of carbonyl (C=O) groups is 2. The average molecular weight is 533 g/mol. The van der Waals surface area contributed by atoms with E-state index in [1.165, 1.54) is 17.6 Å². The minimum absolute atomic E-state index is 0.0919. The van der Waals surface area contributed by atoms with Gasteiger partial charge in [0.15, 0.2) is 0 Å². The lowest BCUT2D eigenvalue weighted by atomic mass is 10.1. The average Bonchev–Trinajstić information content (AvgIpc) is 3.23. The van der Waals surface area contributed by atoms with Crippen LogP contribution in [0.2, 0.25) is 0 Å². The summed E-state index contributed by atoms with van der Waals surface area (Å²) in [5, 5.41) is 0. The molecule has 0 unspecified atom stereocenters. The maximum absolute atomic E-state index is 12.4. The minimum atomic E-state index is -0.306. The van der Waals surface area contributed by atoms with Crippen LogP contribution in [0.25, 0.3) is 22.5 Å². The zero-order chi connectivity index (χ0) is 28.1. The summed E-state index contributed by atoms with van der Waals surface area (Å²) in [6, 6.07) is 10.4. The van der Waals surface area contributed by atoms with E-state index in [2.05, 4.69) is 39.9 Å². The van der Waals surface area contributed by atoms with E-state index < -0.39 is 0 Å². The van der Waals surface area contributed by atoms with Gasteiger partial charge in [-0.1, -0.05) is 12.1 Å². The summed E-state index contributed by atoms with van der Waals surface area (Å²) >= 11 is 0. The molecule has 0 spiro atoms. The van der Waals surface area contributed by atoms with E-state index in [0.717, 1.165) is 28.3 Å². The fraction of sp³-hybridized carbons (Fsp3) is 0.143. The normalized spacial score (nSPS) is 12.1. The predicted molar refractivity (Wildman–Crippen MR) is 144 cm³/mol.